The molecule has 1 fully saturated rings. The number of aliphatic hydroxyl groups is 1. The van der Waals surface area contributed by atoms with Gasteiger partial charge in [-0.3, -0.25) is 4.79 Å². The van der Waals surface area contributed by atoms with Crippen molar-refractivity contribution in [3.05, 3.63) is 23.4 Å². The largest absolute Gasteiger partial charge is 0.391 e. The van der Waals surface area contributed by atoms with E-state index >= 15 is 0 Å². The fourth-order valence-electron chi connectivity index (χ4n) is 1.92. The third-order valence-corrected chi connectivity index (χ3v) is 2.67. The minimum absolute atomic E-state index is 0.253. The first kappa shape index (κ1) is 10.1. The van der Waals surface area contributed by atoms with Crippen LogP contribution >= 0.6 is 0 Å². The first-order valence-corrected chi connectivity index (χ1v) is 5.05. The van der Waals surface area contributed by atoms with E-state index in [0.717, 1.165) is 30.6 Å². The predicted octanol–water partition coefficient (Wildman–Crippen LogP) is 0.774. The standard InChI is InChI=1S/C11H14N2O2/c1-8-4-9(7-14)5-12-11(8)13-3-2-10(15)6-13/h4-5,7,10,15H,2-3,6H2,1H3. The summed E-state index contributed by atoms with van der Waals surface area (Å²) in [6, 6.07) is 1.82. The first-order chi connectivity index (χ1) is 7.20. The summed E-state index contributed by atoms with van der Waals surface area (Å²) in [5, 5.41) is 9.43. The molecule has 2 heterocycles. The van der Waals surface area contributed by atoms with Crippen molar-refractivity contribution in [3.8, 4) is 0 Å². The number of aryl methyl sites for hydroxylation is 1. The summed E-state index contributed by atoms with van der Waals surface area (Å²) in [4.78, 5) is 16.8. The average Bonchev–Trinajstić information content (AvgIpc) is 2.64. The molecule has 0 aliphatic carbocycles. The van der Waals surface area contributed by atoms with Gasteiger partial charge in [-0.15, -0.1) is 0 Å². The van der Waals surface area contributed by atoms with Crippen LogP contribution in [0.15, 0.2) is 12.3 Å². The van der Waals surface area contributed by atoms with Gasteiger partial charge in [-0.05, 0) is 25.0 Å². The number of aromatic nitrogens is 1. The maximum Gasteiger partial charge on any atom is 0.151 e. The van der Waals surface area contributed by atoms with Crippen molar-refractivity contribution < 1.29 is 9.90 Å². The highest BCUT2D eigenvalue weighted by molar-refractivity contribution is 5.75. The Morgan fingerprint density at radius 3 is 3.00 bits per heavy atom. The predicted molar refractivity (Wildman–Crippen MR) is 57.2 cm³/mol. The highest BCUT2D eigenvalue weighted by Crippen LogP contribution is 2.21. The maximum absolute atomic E-state index is 10.5. The van der Waals surface area contributed by atoms with Gasteiger partial charge in [-0.1, -0.05) is 0 Å². The molecule has 1 N–H and O–H groups in total. The lowest BCUT2D eigenvalue weighted by Crippen LogP contribution is -2.23. The molecule has 2 rings (SSSR count). The Morgan fingerprint density at radius 2 is 2.47 bits per heavy atom. The molecule has 0 spiro atoms. The van der Waals surface area contributed by atoms with Gasteiger partial charge < -0.3 is 10.0 Å². The van der Waals surface area contributed by atoms with Crippen LogP contribution in [0.25, 0.3) is 0 Å². The molecule has 15 heavy (non-hydrogen) atoms. The number of aliphatic hydroxyl groups excluding tert-OH is 1. The minimum Gasteiger partial charge on any atom is -0.391 e. The number of carbonyl (C=O) groups excluding carboxylic acids is 1. The Bertz CT molecular complexity index is 379. The van der Waals surface area contributed by atoms with Crippen LogP contribution in [0.5, 0.6) is 0 Å². The van der Waals surface area contributed by atoms with Gasteiger partial charge in [0.05, 0.1) is 6.10 Å². The molecule has 1 atom stereocenters. The van der Waals surface area contributed by atoms with E-state index in [9.17, 15) is 9.90 Å². The molecule has 0 aromatic carbocycles. The Kier molecular flexibility index (Phi) is 2.68. The van der Waals surface area contributed by atoms with E-state index in [0.29, 0.717) is 12.1 Å². The molecule has 0 bridgehead atoms. The average molecular weight is 206 g/mol. The number of anilines is 1. The Hall–Kier alpha value is -1.42. The fourth-order valence-corrected chi connectivity index (χ4v) is 1.92. The van der Waals surface area contributed by atoms with Crippen LogP contribution in [-0.2, 0) is 0 Å². The van der Waals surface area contributed by atoms with Crippen molar-refractivity contribution in [1.82, 2.24) is 4.98 Å². The Morgan fingerprint density at radius 1 is 1.67 bits per heavy atom. The topological polar surface area (TPSA) is 53.4 Å². The van der Waals surface area contributed by atoms with E-state index in [4.69, 9.17) is 0 Å². The molecular weight excluding hydrogens is 192 g/mol. The number of hydrogen-bond donors (Lipinski definition) is 1. The lowest BCUT2D eigenvalue weighted by molar-refractivity contribution is 0.112. The molecule has 0 saturated carbocycles. The minimum atomic E-state index is -0.253. The van der Waals surface area contributed by atoms with Gasteiger partial charge in [0.2, 0.25) is 0 Å². The molecule has 80 valence electrons. The smallest absolute Gasteiger partial charge is 0.151 e. The Balaban J connectivity index is 2.25. The fraction of sp³-hybridized carbons (Fsp3) is 0.455. The second-order valence-electron chi connectivity index (χ2n) is 3.92. The molecule has 1 aliphatic heterocycles. The summed E-state index contributed by atoms with van der Waals surface area (Å²) in [6.45, 7) is 3.39. The van der Waals surface area contributed by atoms with Gasteiger partial charge in [0.1, 0.15) is 5.82 Å². The molecule has 0 radical (unpaired) electrons. The molecule has 1 unspecified atom stereocenters. The van der Waals surface area contributed by atoms with Crippen LogP contribution in [0, 0.1) is 6.92 Å². The van der Waals surface area contributed by atoms with Gasteiger partial charge in [-0.2, -0.15) is 0 Å². The van der Waals surface area contributed by atoms with Gasteiger partial charge in [-0.25, -0.2) is 4.98 Å². The van der Waals surface area contributed by atoms with E-state index in [1.165, 1.54) is 0 Å². The molecule has 1 aromatic rings. The van der Waals surface area contributed by atoms with Gasteiger partial charge in [0, 0.05) is 24.8 Å². The number of nitrogens with zero attached hydrogens (tertiary/aromatic N) is 2. The van der Waals surface area contributed by atoms with Crippen molar-refractivity contribution in [2.45, 2.75) is 19.4 Å². The zero-order valence-electron chi connectivity index (χ0n) is 8.68. The molecule has 4 heteroatoms. The van der Waals surface area contributed by atoms with Crippen LogP contribution < -0.4 is 4.90 Å². The third kappa shape index (κ3) is 1.99. The summed E-state index contributed by atoms with van der Waals surface area (Å²) in [5.74, 6) is 0.872. The van der Waals surface area contributed by atoms with Gasteiger partial charge in [0.25, 0.3) is 0 Å². The molecule has 0 amide bonds. The van der Waals surface area contributed by atoms with E-state index in [-0.39, 0.29) is 6.10 Å². The lowest BCUT2D eigenvalue weighted by Gasteiger charge is -2.18. The summed E-state index contributed by atoms with van der Waals surface area (Å²) in [7, 11) is 0. The SMILES string of the molecule is Cc1cc(C=O)cnc1N1CCC(O)C1. The van der Waals surface area contributed by atoms with Crippen LogP contribution in [0.3, 0.4) is 0 Å². The quantitative estimate of drug-likeness (QED) is 0.726. The van der Waals surface area contributed by atoms with Crippen molar-refractivity contribution >= 4 is 12.1 Å². The van der Waals surface area contributed by atoms with Crippen molar-refractivity contribution in [3.63, 3.8) is 0 Å². The van der Waals surface area contributed by atoms with Crippen molar-refractivity contribution in [2.75, 3.05) is 18.0 Å². The molecule has 4 nitrogen and oxygen atoms in total. The number of aldehydes is 1. The zero-order chi connectivity index (χ0) is 10.8. The molecular formula is C11H14N2O2. The summed E-state index contributed by atoms with van der Waals surface area (Å²) < 4.78 is 0. The van der Waals surface area contributed by atoms with Gasteiger partial charge in [0.15, 0.2) is 6.29 Å². The number of pyridine rings is 1. The lowest BCUT2D eigenvalue weighted by atomic mass is 10.2. The monoisotopic (exact) mass is 206 g/mol. The number of β-amino-alcohol motifs (C(OH)–C–C–N with tert-alkyl or cyclic N) is 1. The zero-order valence-corrected chi connectivity index (χ0v) is 8.68. The summed E-state index contributed by atoms with van der Waals surface area (Å²) >= 11 is 0. The normalized spacial score (nSPS) is 20.7. The van der Waals surface area contributed by atoms with Crippen LogP contribution in [0.4, 0.5) is 5.82 Å². The van der Waals surface area contributed by atoms with E-state index in [1.54, 1.807) is 6.20 Å². The molecule has 1 aliphatic rings. The first-order valence-electron chi connectivity index (χ1n) is 5.05. The van der Waals surface area contributed by atoms with Crippen LogP contribution in [0.2, 0.25) is 0 Å². The second kappa shape index (κ2) is 3.98. The number of rotatable bonds is 2. The maximum atomic E-state index is 10.5. The highest BCUT2D eigenvalue weighted by atomic mass is 16.3. The van der Waals surface area contributed by atoms with Crippen molar-refractivity contribution in [2.24, 2.45) is 0 Å². The highest BCUT2D eigenvalue weighted by Gasteiger charge is 2.22. The van der Waals surface area contributed by atoms with E-state index in [1.807, 2.05) is 13.0 Å². The van der Waals surface area contributed by atoms with Gasteiger partial charge >= 0.3 is 0 Å². The van der Waals surface area contributed by atoms with Crippen LogP contribution in [0.1, 0.15) is 22.3 Å². The second-order valence-corrected chi connectivity index (χ2v) is 3.92. The van der Waals surface area contributed by atoms with Crippen LogP contribution in [-0.4, -0.2) is 35.6 Å². The Labute approximate surface area is 88.6 Å². The number of carbonyl (C=O) groups is 1. The number of hydrogen-bond acceptors (Lipinski definition) is 4. The van der Waals surface area contributed by atoms with E-state index in [2.05, 4.69) is 9.88 Å². The summed E-state index contributed by atoms with van der Waals surface area (Å²) in [5.41, 5.74) is 1.57. The summed E-state index contributed by atoms with van der Waals surface area (Å²) in [6.07, 6.45) is 2.90. The third-order valence-electron chi connectivity index (χ3n) is 2.67. The molecule has 1 aromatic heterocycles. The van der Waals surface area contributed by atoms with E-state index < -0.39 is 0 Å². The molecule has 1 saturated heterocycles. The van der Waals surface area contributed by atoms with Crippen molar-refractivity contribution in [1.29, 1.82) is 0 Å².